The molecule has 1 aromatic rings. The monoisotopic (exact) mass is 315 g/mol. The van der Waals surface area contributed by atoms with Crippen LogP contribution in [-0.4, -0.2) is 26.9 Å². The van der Waals surface area contributed by atoms with E-state index in [0.29, 0.717) is 6.61 Å². The molecular weight excluding hydrogens is 294 g/mol. The van der Waals surface area contributed by atoms with Gasteiger partial charge in [0.15, 0.2) is 0 Å². The molecule has 0 fully saturated rings. The normalized spacial score (nSPS) is 12.4. The Morgan fingerprint density at radius 2 is 2.11 bits per heavy atom. The molecule has 0 heterocycles. The number of ether oxygens (including phenoxy) is 2. The van der Waals surface area contributed by atoms with Crippen LogP contribution in [-0.2, 0) is 4.74 Å². The topological polar surface area (TPSA) is 30.5 Å². The minimum atomic E-state index is 0.278. The number of rotatable bonds is 8. The van der Waals surface area contributed by atoms with E-state index in [0.717, 1.165) is 29.9 Å². The van der Waals surface area contributed by atoms with Gasteiger partial charge in [-0.2, -0.15) is 0 Å². The number of hydrogen-bond donors (Lipinski definition) is 1. The van der Waals surface area contributed by atoms with Gasteiger partial charge in [-0.25, -0.2) is 0 Å². The molecule has 0 radical (unpaired) electrons. The molecule has 0 aliphatic heterocycles. The quantitative estimate of drug-likeness (QED) is 0.744. The Kier molecular flexibility index (Phi) is 7.32. The first-order valence-corrected chi connectivity index (χ1v) is 7.15. The predicted octanol–water partition coefficient (Wildman–Crippen LogP) is 3.53. The second-order valence-electron chi connectivity index (χ2n) is 4.09. The summed E-state index contributed by atoms with van der Waals surface area (Å²) in [4.78, 5) is 0. The molecule has 0 saturated carbocycles. The van der Waals surface area contributed by atoms with Gasteiger partial charge in [-0.1, -0.05) is 22.0 Å². The third-order valence-electron chi connectivity index (χ3n) is 2.77. The highest BCUT2D eigenvalue weighted by atomic mass is 79.9. The van der Waals surface area contributed by atoms with E-state index in [4.69, 9.17) is 9.47 Å². The summed E-state index contributed by atoms with van der Waals surface area (Å²) in [6, 6.07) is 6.42. The van der Waals surface area contributed by atoms with Crippen molar-refractivity contribution in [1.82, 2.24) is 5.32 Å². The highest BCUT2D eigenvalue weighted by Crippen LogP contribution is 2.28. The molecule has 4 heteroatoms. The van der Waals surface area contributed by atoms with Crippen molar-refractivity contribution in [3.05, 3.63) is 28.2 Å². The van der Waals surface area contributed by atoms with Crippen molar-refractivity contribution in [2.24, 2.45) is 0 Å². The zero-order chi connectivity index (χ0) is 13.4. The molecule has 0 bridgehead atoms. The SMILES string of the molecule is CCOCCCOc1cc(Br)ccc1C(C)NC. The molecule has 3 nitrogen and oxygen atoms in total. The van der Waals surface area contributed by atoms with Gasteiger partial charge in [0.05, 0.1) is 6.61 Å². The molecular formula is C14H22BrNO2. The van der Waals surface area contributed by atoms with Crippen LogP contribution in [0.4, 0.5) is 0 Å². The Morgan fingerprint density at radius 1 is 1.33 bits per heavy atom. The summed E-state index contributed by atoms with van der Waals surface area (Å²) >= 11 is 3.48. The molecule has 0 spiro atoms. The molecule has 1 N–H and O–H groups in total. The van der Waals surface area contributed by atoms with Gasteiger partial charge in [0.1, 0.15) is 5.75 Å². The Bertz CT molecular complexity index is 358. The van der Waals surface area contributed by atoms with Gasteiger partial charge in [-0.3, -0.25) is 0 Å². The van der Waals surface area contributed by atoms with E-state index >= 15 is 0 Å². The first-order valence-electron chi connectivity index (χ1n) is 6.36. The fraction of sp³-hybridized carbons (Fsp3) is 0.571. The summed E-state index contributed by atoms with van der Waals surface area (Å²) in [6.45, 7) is 6.32. The first-order chi connectivity index (χ1) is 8.69. The van der Waals surface area contributed by atoms with Crippen LogP contribution < -0.4 is 10.1 Å². The maximum atomic E-state index is 5.84. The number of hydrogen-bond acceptors (Lipinski definition) is 3. The van der Waals surface area contributed by atoms with E-state index in [1.807, 2.05) is 26.1 Å². The van der Waals surface area contributed by atoms with Crippen LogP contribution in [0, 0.1) is 0 Å². The van der Waals surface area contributed by atoms with E-state index in [2.05, 4.69) is 34.2 Å². The summed E-state index contributed by atoms with van der Waals surface area (Å²) in [5.74, 6) is 0.933. The Balaban J connectivity index is 2.59. The first kappa shape index (κ1) is 15.5. The van der Waals surface area contributed by atoms with Crippen molar-refractivity contribution in [3.8, 4) is 5.75 Å². The zero-order valence-electron chi connectivity index (χ0n) is 11.3. The molecule has 0 aromatic heterocycles. The summed E-state index contributed by atoms with van der Waals surface area (Å²) in [5.41, 5.74) is 1.18. The summed E-state index contributed by atoms with van der Waals surface area (Å²) in [7, 11) is 1.95. The van der Waals surface area contributed by atoms with Crippen LogP contribution >= 0.6 is 15.9 Å². The van der Waals surface area contributed by atoms with Crippen molar-refractivity contribution in [2.45, 2.75) is 26.3 Å². The maximum Gasteiger partial charge on any atom is 0.125 e. The maximum absolute atomic E-state index is 5.84. The molecule has 0 amide bonds. The molecule has 0 aliphatic carbocycles. The molecule has 1 atom stereocenters. The van der Waals surface area contributed by atoms with Crippen molar-refractivity contribution in [3.63, 3.8) is 0 Å². The highest BCUT2D eigenvalue weighted by Gasteiger charge is 2.10. The van der Waals surface area contributed by atoms with Crippen LogP contribution in [0.15, 0.2) is 22.7 Å². The third-order valence-corrected chi connectivity index (χ3v) is 3.26. The predicted molar refractivity (Wildman–Crippen MR) is 78.2 cm³/mol. The lowest BCUT2D eigenvalue weighted by Gasteiger charge is -2.17. The lowest BCUT2D eigenvalue weighted by molar-refractivity contribution is 0.130. The largest absolute Gasteiger partial charge is 0.493 e. The molecule has 0 aliphatic rings. The summed E-state index contributed by atoms with van der Waals surface area (Å²) in [6.07, 6.45) is 0.910. The Labute approximate surface area is 118 Å². The lowest BCUT2D eigenvalue weighted by atomic mass is 10.1. The molecule has 1 unspecified atom stereocenters. The van der Waals surface area contributed by atoms with Gasteiger partial charge in [0, 0.05) is 35.7 Å². The second-order valence-corrected chi connectivity index (χ2v) is 5.01. The lowest BCUT2D eigenvalue weighted by Crippen LogP contribution is -2.14. The van der Waals surface area contributed by atoms with Gasteiger partial charge in [0.2, 0.25) is 0 Å². The van der Waals surface area contributed by atoms with E-state index in [-0.39, 0.29) is 6.04 Å². The number of benzene rings is 1. The van der Waals surface area contributed by atoms with E-state index < -0.39 is 0 Å². The number of nitrogens with one attached hydrogen (secondary N) is 1. The van der Waals surface area contributed by atoms with Gasteiger partial charge in [0.25, 0.3) is 0 Å². The third kappa shape index (κ3) is 4.96. The molecule has 0 saturated heterocycles. The summed E-state index contributed by atoms with van der Waals surface area (Å²) in [5, 5.41) is 3.23. The number of halogens is 1. The molecule has 102 valence electrons. The minimum Gasteiger partial charge on any atom is -0.493 e. The van der Waals surface area contributed by atoms with Gasteiger partial charge < -0.3 is 14.8 Å². The van der Waals surface area contributed by atoms with Crippen LogP contribution in [0.25, 0.3) is 0 Å². The van der Waals surface area contributed by atoms with E-state index in [1.165, 1.54) is 5.56 Å². The smallest absolute Gasteiger partial charge is 0.125 e. The van der Waals surface area contributed by atoms with Crippen LogP contribution in [0.3, 0.4) is 0 Å². The van der Waals surface area contributed by atoms with Crippen molar-refractivity contribution >= 4 is 15.9 Å². The van der Waals surface area contributed by atoms with Crippen LogP contribution in [0.2, 0.25) is 0 Å². The van der Waals surface area contributed by atoms with Crippen LogP contribution in [0.1, 0.15) is 31.9 Å². The van der Waals surface area contributed by atoms with Crippen molar-refractivity contribution in [1.29, 1.82) is 0 Å². The standard InChI is InChI=1S/C14H22BrNO2/c1-4-17-8-5-9-18-14-10-12(15)6-7-13(14)11(2)16-3/h6-7,10-11,16H,4-5,8-9H2,1-3H3. The molecule has 1 aromatic carbocycles. The fourth-order valence-corrected chi connectivity index (χ4v) is 1.97. The van der Waals surface area contributed by atoms with Gasteiger partial charge in [-0.15, -0.1) is 0 Å². The zero-order valence-corrected chi connectivity index (χ0v) is 12.9. The second kappa shape index (κ2) is 8.51. The van der Waals surface area contributed by atoms with E-state index in [1.54, 1.807) is 0 Å². The highest BCUT2D eigenvalue weighted by molar-refractivity contribution is 9.10. The van der Waals surface area contributed by atoms with Crippen molar-refractivity contribution in [2.75, 3.05) is 26.9 Å². The van der Waals surface area contributed by atoms with Gasteiger partial charge in [-0.05, 0) is 33.0 Å². The minimum absolute atomic E-state index is 0.278. The molecule has 1 rings (SSSR count). The summed E-state index contributed by atoms with van der Waals surface area (Å²) < 4.78 is 12.2. The van der Waals surface area contributed by atoms with Crippen LogP contribution in [0.5, 0.6) is 5.75 Å². The Morgan fingerprint density at radius 3 is 2.78 bits per heavy atom. The van der Waals surface area contributed by atoms with Gasteiger partial charge >= 0.3 is 0 Å². The fourth-order valence-electron chi connectivity index (χ4n) is 1.63. The average molecular weight is 316 g/mol. The van der Waals surface area contributed by atoms with E-state index in [9.17, 15) is 0 Å². The van der Waals surface area contributed by atoms with Crippen molar-refractivity contribution < 1.29 is 9.47 Å². The average Bonchev–Trinajstić information content (AvgIpc) is 2.38. The Hall–Kier alpha value is -0.580. The molecule has 18 heavy (non-hydrogen) atoms.